The first-order valence-corrected chi connectivity index (χ1v) is 12.5. The molecule has 0 saturated heterocycles. The number of nitrogens with one attached hydrogen (secondary N) is 2. The van der Waals surface area contributed by atoms with Gasteiger partial charge in [0.25, 0.3) is 0 Å². The molecule has 5 rings (SSSR count). The number of carboxylic acids is 1. The van der Waals surface area contributed by atoms with Crippen LogP contribution in [0.3, 0.4) is 0 Å². The molecule has 0 atom stereocenters. The number of aliphatic carboxylic acids is 1. The third-order valence-electron chi connectivity index (χ3n) is 7.98. The molecule has 3 aliphatic carbocycles. The molecule has 0 radical (unpaired) electrons. The van der Waals surface area contributed by atoms with Crippen molar-refractivity contribution in [1.29, 1.82) is 0 Å². The number of carbonyl (C=O) groups is 3. The molecule has 35 heavy (non-hydrogen) atoms. The predicted molar refractivity (Wildman–Crippen MR) is 131 cm³/mol. The fourth-order valence-corrected chi connectivity index (χ4v) is 6.14. The van der Waals surface area contributed by atoms with Crippen LogP contribution in [0.4, 0.5) is 4.79 Å². The summed E-state index contributed by atoms with van der Waals surface area (Å²) in [6, 6.07) is 16.4. The average Bonchev–Trinajstić information content (AvgIpc) is 3.38. The Hall–Kier alpha value is -3.35. The molecular weight excluding hydrogens is 444 g/mol. The number of hydrogen-bond donors (Lipinski definition) is 3. The van der Waals surface area contributed by atoms with Crippen LogP contribution in [0.25, 0.3) is 11.1 Å². The van der Waals surface area contributed by atoms with Gasteiger partial charge in [-0.1, -0.05) is 61.4 Å². The highest BCUT2D eigenvalue weighted by Crippen LogP contribution is 2.44. The first kappa shape index (κ1) is 23.4. The van der Waals surface area contributed by atoms with Gasteiger partial charge in [0.2, 0.25) is 5.91 Å². The van der Waals surface area contributed by atoms with Gasteiger partial charge < -0.3 is 20.5 Å². The number of alkyl carbamates (subject to hydrolysis) is 1. The molecule has 0 aromatic heterocycles. The van der Waals surface area contributed by atoms with Gasteiger partial charge in [0.05, 0.1) is 17.5 Å². The van der Waals surface area contributed by atoms with Crippen LogP contribution < -0.4 is 10.6 Å². The third kappa shape index (κ3) is 4.77. The number of ether oxygens (including phenoxy) is 1. The Morgan fingerprint density at radius 3 is 1.89 bits per heavy atom. The summed E-state index contributed by atoms with van der Waals surface area (Å²) in [6.07, 6.45) is 5.10. The molecular formula is C28H32N2O5. The number of rotatable bonds is 8. The largest absolute Gasteiger partial charge is 0.481 e. The number of hydrogen-bond acceptors (Lipinski definition) is 4. The van der Waals surface area contributed by atoms with Crippen LogP contribution in [-0.2, 0) is 14.3 Å². The summed E-state index contributed by atoms with van der Waals surface area (Å²) < 4.78 is 5.73. The normalized spacial score (nSPS) is 19.2. The van der Waals surface area contributed by atoms with Gasteiger partial charge in [-0.05, 0) is 54.4 Å². The summed E-state index contributed by atoms with van der Waals surface area (Å²) in [5.41, 5.74) is 3.36. The minimum Gasteiger partial charge on any atom is -0.481 e. The molecule has 7 heteroatoms. The van der Waals surface area contributed by atoms with E-state index in [1.165, 1.54) is 11.1 Å². The molecule has 2 saturated carbocycles. The van der Waals surface area contributed by atoms with Crippen molar-refractivity contribution in [2.75, 3.05) is 6.61 Å². The Morgan fingerprint density at radius 1 is 0.800 bits per heavy atom. The lowest BCUT2D eigenvalue weighted by atomic mass is 9.74. The number of benzene rings is 2. The zero-order valence-electron chi connectivity index (χ0n) is 19.8. The molecule has 2 fully saturated rings. The topological polar surface area (TPSA) is 105 Å². The lowest BCUT2D eigenvalue weighted by molar-refractivity contribution is -0.140. The van der Waals surface area contributed by atoms with E-state index in [1.54, 1.807) is 0 Å². The van der Waals surface area contributed by atoms with Gasteiger partial charge in [0.1, 0.15) is 6.61 Å². The summed E-state index contributed by atoms with van der Waals surface area (Å²) in [6.45, 7) is 0.226. The van der Waals surface area contributed by atoms with E-state index >= 15 is 0 Å². The van der Waals surface area contributed by atoms with Crippen molar-refractivity contribution >= 4 is 18.0 Å². The number of fused-ring (bicyclic) bond motifs is 3. The fourth-order valence-electron chi connectivity index (χ4n) is 6.14. The fraction of sp³-hybridized carbons (Fsp3) is 0.464. The maximum absolute atomic E-state index is 12.9. The summed E-state index contributed by atoms with van der Waals surface area (Å²) in [5.74, 6) is -1.13. The second kappa shape index (κ2) is 9.36. The second-order valence-corrected chi connectivity index (χ2v) is 10.4. The van der Waals surface area contributed by atoms with E-state index in [1.807, 2.05) is 24.3 Å². The van der Waals surface area contributed by atoms with Crippen molar-refractivity contribution in [3.63, 3.8) is 0 Å². The molecule has 2 aromatic rings. The van der Waals surface area contributed by atoms with E-state index in [0.717, 1.165) is 30.4 Å². The first-order valence-electron chi connectivity index (χ1n) is 12.5. The van der Waals surface area contributed by atoms with Gasteiger partial charge in [0.15, 0.2) is 0 Å². The Morgan fingerprint density at radius 2 is 1.34 bits per heavy atom. The van der Waals surface area contributed by atoms with E-state index in [9.17, 15) is 19.5 Å². The quantitative estimate of drug-likeness (QED) is 0.510. The van der Waals surface area contributed by atoms with Crippen molar-refractivity contribution in [3.8, 4) is 11.1 Å². The van der Waals surface area contributed by atoms with Crippen LogP contribution in [-0.4, -0.2) is 40.8 Å². The summed E-state index contributed by atoms with van der Waals surface area (Å²) in [4.78, 5) is 37.1. The average molecular weight is 477 g/mol. The molecule has 0 aliphatic heterocycles. The highest BCUT2D eigenvalue weighted by atomic mass is 16.5. The second-order valence-electron chi connectivity index (χ2n) is 10.4. The Bertz CT molecular complexity index is 1090. The molecule has 3 aliphatic rings. The molecule has 7 nitrogen and oxygen atoms in total. The molecule has 0 heterocycles. The lowest BCUT2D eigenvalue weighted by Crippen LogP contribution is -2.57. The van der Waals surface area contributed by atoms with E-state index < -0.39 is 23.1 Å². The van der Waals surface area contributed by atoms with Crippen molar-refractivity contribution in [2.45, 2.75) is 74.8 Å². The summed E-state index contributed by atoms with van der Waals surface area (Å²) >= 11 is 0. The Balaban J connectivity index is 1.22. The first-order chi connectivity index (χ1) is 16.9. The maximum Gasteiger partial charge on any atom is 0.407 e. The maximum atomic E-state index is 12.9. The van der Waals surface area contributed by atoms with E-state index in [0.29, 0.717) is 25.7 Å². The van der Waals surface area contributed by atoms with Crippen LogP contribution in [0.15, 0.2) is 48.5 Å². The molecule has 0 unspecified atom stereocenters. The minimum atomic E-state index is -0.905. The van der Waals surface area contributed by atoms with Crippen molar-refractivity contribution in [2.24, 2.45) is 0 Å². The van der Waals surface area contributed by atoms with Gasteiger partial charge >= 0.3 is 12.1 Å². The molecule has 0 spiro atoms. The summed E-state index contributed by atoms with van der Waals surface area (Å²) in [5, 5.41) is 15.2. The lowest BCUT2D eigenvalue weighted by Gasteiger charge is -2.42. The van der Waals surface area contributed by atoms with Gasteiger partial charge in [-0.15, -0.1) is 0 Å². The molecule has 2 amide bonds. The summed E-state index contributed by atoms with van der Waals surface area (Å²) in [7, 11) is 0. The number of carboxylic acid groups (broad SMARTS) is 1. The van der Waals surface area contributed by atoms with E-state index in [2.05, 4.69) is 34.9 Å². The highest BCUT2D eigenvalue weighted by molar-refractivity contribution is 5.81. The molecule has 2 aromatic carbocycles. The standard InChI is InChI=1S/C28H32N2O5/c31-24(29-28(14-7-15-28)17-25(32)33)16-27(12-5-6-13-27)30-26(34)35-18-23-21-10-3-1-8-19(21)20-9-2-4-11-22(20)23/h1-4,8-11,23H,5-7,12-18H2,(H,29,31)(H,30,34)(H,32,33). The van der Waals surface area contributed by atoms with Crippen LogP contribution in [0, 0.1) is 0 Å². The van der Waals surface area contributed by atoms with Crippen molar-refractivity contribution in [1.82, 2.24) is 10.6 Å². The van der Waals surface area contributed by atoms with Crippen LogP contribution >= 0.6 is 0 Å². The molecule has 184 valence electrons. The molecule has 0 bridgehead atoms. The highest BCUT2D eigenvalue weighted by Gasteiger charge is 2.43. The monoisotopic (exact) mass is 476 g/mol. The van der Waals surface area contributed by atoms with Gasteiger partial charge in [-0.3, -0.25) is 9.59 Å². The minimum absolute atomic E-state index is 0.0227. The third-order valence-corrected chi connectivity index (χ3v) is 7.98. The van der Waals surface area contributed by atoms with Gasteiger partial charge in [0, 0.05) is 12.3 Å². The van der Waals surface area contributed by atoms with E-state index in [4.69, 9.17) is 4.74 Å². The van der Waals surface area contributed by atoms with Crippen LogP contribution in [0.2, 0.25) is 0 Å². The van der Waals surface area contributed by atoms with Crippen molar-refractivity contribution in [3.05, 3.63) is 59.7 Å². The predicted octanol–water partition coefficient (Wildman–Crippen LogP) is 4.74. The SMILES string of the molecule is O=C(O)CC1(NC(=O)CC2(NC(=O)OCC3c4ccccc4-c4ccccc43)CCCC2)CCC1. The number of carbonyl (C=O) groups excluding carboxylic acids is 2. The van der Waals surface area contributed by atoms with Crippen LogP contribution in [0.5, 0.6) is 0 Å². The zero-order chi connectivity index (χ0) is 24.5. The Kier molecular flexibility index (Phi) is 6.26. The van der Waals surface area contributed by atoms with Crippen molar-refractivity contribution < 1.29 is 24.2 Å². The molecule has 3 N–H and O–H groups in total. The Labute approximate surface area is 205 Å². The van der Waals surface area contributed by atoms with Gasteiger partial charge in [-0.2, -0.15) is 0 Å². The van der Waals surface area contributed by atoms with Gasteiger partial charge in [-0.25, -0.2) is 4.79 Å². The number of amides is 2. The van der Waals surface area contributed by atoms with Crippen LogP contribution in [0.1, 0.15) is 74.8 Å². The smallest absolute Gasteiger partial charge is 0.407 e. The van der Waals surface area contributed by atoms with E-state index in [-0.39, 0.29) is 31.3 Å². The zero-order valence-corrected chi connectivity index (χ0v) is 19.8.